The van der Waals surface area contributed by atoms with Crippen LogP contribution in [0.4, 0.5) is 5.69 Å². The van der Waals surface area contributed by atoms with Gasteiger partial charge in [-0.25, -0.2) is 0 Å². The van der Waals surface area contributed by atoms with Crippen molar-refractivity contribution in [2.45, 2.75) is 25.8 Å². The van der Waals surface area contributed by atoms with Crippen LogP contribution < -0.4 is 15.0 Å². The quantitative estimate of drug-likeness (QED) is 0.809. The first-order valence-corrected chi connectivity index (χ1v) is 7.03. The summed E-state index contributed by atoms with van der Waals surface area (Å²) < 4.78 is 5.28. The van der Waals surface area contributed by atoms with E-state index in [2.05, 4.69) is 5.32 Å². The number of hydrogen-bond donors (Lipinski definition) is 2. The number of carboxylic acids is 1. The van der Waals surface area contributed by atoms with Gasteiger partial charge in [0.1, 0.15) is 11.8 Å². The summed E-state index contributed by atoms with van der Waals surface area (Å²) in [6, 6.07) is 5.91. The molecule has 0 saturated carbocycles. The Morgan fingerprint density at radius 1 is 1.36 bits per heavy atom. The lowest BCUT2D eigenvalue weighted by Gasteiger charge is -2.16. The molecule has 0 radical (unpaired) electrons. The predicted octanol–water partition coefficient (Wildman–Crippen LogP) is 0.781. The third-order valence-electron chi connectivity index (χ3n) is 3.34. The van der Waals surface area contributed by atoms with Crippen LogP contribution in [0.25, 0.3) is 0 Å². The number of nitrogens with one attached hydrogen (secondary N) is 1. The van der Waals surface area contributed by atoms with E-state index >= 15 is 0 Å². The fourth-order valence-electron chi connectivity index (χ4n) is 2.14. The van der Waals surface area contributed by atoms with Gasteiger partial charge in [-0.3, -0.25) is 14.4 Å². The number of anilines is 1. The van der Waals surface area contributed by atoms with Crippen molar-refractivity contribution in [2.24, 2.45) is 0 Å². The van der Waals surface area contributed by atoms with Crippen LogP contribution in [0.1, 0.15) is 19.8 Å². The molecule has 1 aliphatic heterocycles. The van der Waals surface area contributed by atoms with E-state index < -0.39 is 17.9 Å². The van der Waals surface area contributed by atoms with Crippen LogP contribution in [-0.2, 0) is 14.4 Å². The zero-order valence-electron chi connectivity index (χ0n) is 12.2. The maximum Gasteiger partial charge on any atom is 0.325 e. The van der Waals surface area contributed by atoms with Crippen molar-refractivity contribution >= 4 is 23.5 Å². The highest BCUT2D eigenvalue weighted by Crippen LogP contribution is 2.23. The normalized spacial score (nSPS) is 15.5. The fraction of sp³-hybridized carbons (Fsp3) is 0.400. The molecule has 7 nitrogen and oxygen atoms in total. The number of hydrogen-bond acceptors (Lipinski definition) is 4. The van der Waals surface area contributed by atoms with Crippen LogP contribution in [0.3, 0.4) is 0 Å². The summed E-state index contributed by atoms with van der Waals surface area (Å²) in [5.74, 6) is -1.02. The molecule has 2 amide bonds. The highest BCUT2D eigenvalue weighted by molar-refractivity contribution is 5.95. The van der Waals surface area contributed by atoms with E-state index in [1.807, 2.05) is 0 Å². The first kappa shape index (κ1) is 15.8. The minimum atomic E-state index is -1.10. The third kappa shape index (κ3) is 3.97. The van der Waals surface area contributed by atoms with Gasteiger partial charge in [-0.1, -0.05) is 0 Å². The molecule has 0 aromatic heterocycles. The molecule has 1 aromatic rings. The number of rotatable bonds is 6. The molecule has 2 rings (SSSR count). The van der Waals surface area contributed by atoms with Crippen LogP contribution in [0.5, 0.6) is 5.75 Å². The van der Waals surface area contributed by atoms with Crippen LogP contribution in [0, 0.1) is 0 Å². The predicted molar refractivity (Wildman–Crippen MR) is 78.8 cm³/mol. The number of carbonyl (C=O) groups is 3. The monoisotopic (exact) mass is 306 g/mol. The number of carbonyl (C=O) groups excluding carboxylic acids is 2. The lowest BCUT2D eigenvalue weighted by molar-refractivity contribution is -0.141. The SMILES string of the molecule is C[C@@H](NC(=O)COc1ccc(N2CCCC2=O)cc1)C(=O)O. The number of amides is 2. The molecule has 1 fully saturated rings. The summed E-state index contributed by atoms with van der Waals surface area (Å²) in [7, 11) is 0. The van der Waals surface area contributed by atoms with Crippen LogP contribution in [-0.4, -0.2) is 42.1 Å². The van der Waals surface area contributed by atoms with Crippen molar-refractivity contribution in [3.8, 4) is 5.75 Å². The van der Waals surface area contributed by atoms with Gasteiger partial charge in [0.05, 0.1) is 0 Å². The van der Waals surface area contributed by atoms with Crippen molar-refractivity contribution in [1.29, 1.82) is 0 Å². The van der Waals surface area contributed by atoms with Crippen molar-refractivity contribution in [1.82, 2.24) is 5.32 Å². The van der Waals surface area contributed by atoms with E-state index in [1.54, 1.807) is 29.2 Å². The smallest absolute Gasteiger partial charge is 0.325 e. The van der Waals surface area contributed by atoms with Crippen LogP contribution in [0.2, 0.25) is 0 Å². The molecule has 1 aromatic carbocycles. The highest BCUT2D eigenvalue weighted by atomic mass is 16.5. The van der Waals surface area contributed by atoms with Gasteiger partial charge < -0.3 is 20.1 Å². The lowest BCUT2D eigenvalue weighted by atomic mass is 10.3. The molecule has 1 heterocycles. The van der Waals surface area contributed by atoms with Gasteiger partial charge in [0.15, 0.2) is 6.61 Å². The largest absolute Gasteiger partial charge is 0.484 e. The Labute approximate surface area is 127 Å². The second-order valence-corrected chi connectivity index (χ2v) is 5.06. The molecule has 0 bridgehead atoms. The summed E-state index contributed by atoms with van der Waals surface area (Å²) in [5.41, 5.74) is 0.804. The maximum absolute atomic E-state index is 11.6. The fourth-order valence-corrected chi connectivity index (χ4v) is 2.14. The Bertz CT molecular complexity index is 570. The Morgan fingerprint density at radius 2 is 2.05 bits per heavy atom. The molecule has 0 aliphatic carbocycles. The molecule has 118 valence electrons. The number of carboxylic acid groups (broad SMARTS) is 1. The molecule has 1 atom stereocenters. The van der Waals surface area contributed by atoms with Gasteiger partial charge in [-0.15, -0.1) is 0 Å². The Balaban J connectivity index is 1.85. The van der Waals surface area contributed by atoms with Crippen molar-refractivity contribution in [3.05, 3.63) is 24.3 Å². The molecular formula is C15H18N2O5. The minimum Gasteiger partial charge on any atom is -0.484 e. The molecule has 7 heteroatoms. The van der Waals surface area contributed by atoms with Crippen molar-refractivity contribution < 1.29 is 24.2 Å². The van der Waals surface area contributed by atoms with Gasteiger partial charge in [-0.2, -0.15) is 0 Å². The second-order valence-electron chi connectivity index (χ2n) is 5.06. The summed E-state index contributed by atoms with van der Waals surface area (Å²) in [4.78, 5) is 35.4. The number of benzene rings is 1. The molecule has 0 unspecified atom stereocenters. The van der Waals surface area contributed by atoms with Gasteiger partial charge in [0.25, 0.3) is 5.91 Å². The molecule has 22 heavy (non-hydrogen) atoms. The first-order chi connectivity index (χ1) is 10.5. The Morgan fingerprint density at radius 3 is 2.59 bits per heavy atom. The second kappa shape index (κ2) is 6.93. The molecule has 1 saturated heterocycles. The first-order valence-electron chi connectivity index (χ1n) is 7.03. The van der Waals surface area contributed by atoms with E-state index in [0.29, 0.717) is 18.7 Å². The summed E-state index contributed by atoms with van der Waals surface area (Å²) in [5, 5.41) is 11.0. The van der Waals surface area contributed by atoms with Gasteiger partial charge in [0, 0.05) is 18.7 Å². The van der Waals surface area contributed by atoms with E-state index in [-0.39, 0.29) is 12.5 Å². The molecular weight excluding hydrogens is 288 g/mol. The third-order valence-corrected chi connectivity index (χ3v) is 3.34. The minimum absolute atomic E-state index is 0.107. The van der Waals surface area contributed by atoms with Crippen molar-refractivity contribution in [3.63, 3.8) is 0 Å². The van der Waals surface area contributed by atoms with E-state index in [0.717, 1.165) is 12.1 Å². The van der Waals surface area contributed by atoms with E-state index in [1.165, 1.54) is 6.92 Å². The van der Waals surface area contributed by atoms with Crippen LogP contribution in [0.15, 0.2) is 24.3 Å². The number of aliphatic carboxylic acids is 1. The molecule has 0 spiro atoms. The average Bonchev–Trinajstić information content (AvgIpc) is 2.91. The number of ether oxygens (including phenoxy) is 1. The van der Waals surface area contributed by atoms with E-state index in [4.69, 9.17) is 9.84 Å². The summed E-state index contributed by atoms with van der Waals surface area (Å²) in [6.45, 7) is 1.83. The summed E-state index contributed by atoms with van der Waals surface area (Å²) in [6.07, 6.45) is 1.43. The number of nitrogens with zero attached hydrogens (tertiary/aromatic N) is 1. The zero-order chi connectivity index (χ0) is 16.1. The average molecular weight is 306 g/mol. The Hall–Kier alpha value is -2.57. The van der Waals surface area contributed by atoms with Gasteiger partial charge in [0.2, 0.25) is 5.91 Å². The standard InChI is InChI=1S/C15H18N2O5/c1-10(15(20)21)16-13(18)9-22-12-6-4-11(5-7-12)17-8-2-3-14(17)19/h4-7,10H,2-3,8-9H2,1H3,(H,16,18)(H,20,21)/t10-/m1/s1. The Kier molecular flexibility index (Phi) is 4.98. The maximum atomic E-state index is 11.6. The van der Waals surface area contributed by atoms with E-state index in [9.17, 15) is 14.4 Å². The van der Waals surface area contributed by atoms with Crippen molar-refractivity contribution in [2.75, 3.05) is 18.1 Å². The van der Waals surface area contributed by atoms with Gasteiger partial charge in [-0.05, 0) is 37.6 Å². The zero-order valence-corrected chi connectivity index (χ0v) is 12.2. The lowest BCUT2D eigenvalue weighted by Crippen LogP contribution is -2.40. The summed E-state index contributed by atoms with van der Waals surface area (Å²) >= 11 is 0. The molecule has 1 aliphatic rings. The van der Waals surface area contributed by atoms with Crippen LogP contribution >= 0.6 is 0 Å². The highest BCUT2D eigenvalue weighted by Gasteiger charge is 2.21. The van der Waals surface area contributed by atoms with Gasteiger partial charge >= 0.3 is 5.97 Å². The topological polar surface area (TPSA) is 95.9 Å². The molecule has 2 N–H and O–H groups in total.